The molecule has 2 rings (SSSR count). The molecule has 5 nitrogen and oxygen atoms in total. The van der Waals surface area contributed by atoms with Gasteiger partial charge in [0.2, 0.25) is 5.91 Å². The first-order valence-corrected chi connectivity index (χ1v) is 5.37. The molecule has 0 heterocycles. The molecule has 1 saturated carbocycles. The molecular weight excluding hydrogens is 220 g/mol. The Labute approximate surface area is 98.6 Å². The highest BCUT2D eigenvalue weighted by molar-refractivity contribution is 6.01. The first kappa shape index (κ1) is 11.6. The second-order valence-electron chi connectivity index (χ2n) is 4.45. The molecule has 17 heavy (non-hydrogen) atoms. The third kappa shape index (κ3) is 2.29. The summed E-state index contributed by atoms with van der Waals surface area (Å²) in [7, 11) is 0. The van der Waals surface area contributed by atoms with E-state index in [2.05, 4.69) is 5.32 Å². The summed E-state index contributed by atoms with van der Waals surface area (Å²) < 4.78 is 0. The SMILES string of the molecule is Cc1ccc(C(=O)O)cc1NC(=O)C1(N)CC1. The monoisotopic (exact) mass is 234 g/mol. The maximum Gasteiger partial charge on any atom is 0.335 e. The smallest absolute Gasteiger partial charge is 0.335 e. The second-order valence-corrected chi connectivity index (χ2v) is 4.45. The zero-order valence-electron chi connectivity index (χ0n) is 9.49. The summed E-state index contributed by atoms with van der Waals surface area (Å²) in [5.74, 6) is -1.27. The molecule has 90 valence electrons. The van der Waals surface area contributed by atoms with Crippen LogP contribution in [0.25, 0.3) is 0 Å². The second kappa shape index (κ2) is 3.85. The van der Waals surface area contributed by atoms with E-state index in [1.807, 2.05) is 0 Å². The molecule has 1 aliphatic carbocycles. The molecule has 1 aromatic carbocycles. The number of benzene rings is 1. The highest BCUT2D eigenvalue weighted by Crippen LogP contribution is 2.33. The van der Waals surface area contributed by atoms with Crippen LogP contribution in [0.1, 0.15) is 28.8 Å². The van der Waals surface area contributed by atoms with Gasteiger partial charge in [0.05, 0.1) is 11.1 Å². The first-order chi connectivity index (χ1) is 7.92. The number of nitrogens with one attached hydrogen (secondary N) is 1. The van der Waals surface area contributed by atoms with Gasteiger partial charge in [-0.1, -0.05) is 6.07 Å². The molecular formula is C12H14N2O3. The number of amides is 1. The fourth-order valence-electron chi connectivity index (χ4n) is 1.50. The van der Waals surface area contributed by atoms with E-state index in [0.717, 1.165) is 5.56 Å². The van der Waals surface area contributed by atoms with Crippen LogP contribution >= 0.6 is 0 Å². The summed E-state index contributed by atoms with van der Waals surface area (Å²) >= 11 is 0. The normalized spacial score (nSPS) is 16.4. The third-order valence-electron chi connectivity index (χ3n) is 2.97. The van der Waals surface area contributed by atoms with Gasteiger partial charge in [0.15, 0.2) is 0 Å². The van der Waals surface area contributed by atoms with Crippen molar-refractivity contribution in [2.75, 3.05) is 5.32 Å². The average molecular weight is 234 g/mol. The van der Waals surface area contributed by atoms with E-state index >= 15 is 0 Å². The van der Waals surface area contributed by atoms with Gasteiger partial charge in [-0.3, -0.25) is 4.79 Å². The Morgan fingerprint density at radius 1 is 1.41 bits per heavy atom. The molecule has 1 fully saturated rings. The highest BCUT2D eigenvalue weighted by Gasteiger charge is 2.46. The van der Waals surface area contributed by atoms with E-state index in [4.69, 9.17) is 10.8 Å². The van der Waals surface area contributed by atoms with Crippen LogP contribution in [0.15, 0.2) is 18.2 Å². The van der Waals surface area contributed by atoms with Gasteiger partial charge in [0.25, 0.3) is 0 Å². The average Bonchev–Trinajstić information content (AvgIpc) is 3.00. The number of carboxylic acid groups (broad SMARTS) is 1. The van der Waals surface area contributed by atoms with Crippen LogP contribution in [0.2, 0.25) is 0 Å². The number of hydrogen-bond acceptors (Lipinski definition) is 3. The van der Waals surface area contributed by atoms with E-state index in [9.17, 15) is 9.59 Å². The van der Waals surface area contributed by atoms with Crippen LogP contribution in [0, 0.1) is 6.92 Å². The lowest BCUT2D eigenvalue weighted by atomic mass is 10.1. The van der Waals surface area contributed by atoms with Gasteiger partial charge in [-0.25, -0.2) is 4.79 Å². The Morgan fingerprint density at radius 3 is 2.59 bits per heavy atom. The summed E-state index contributed by atoms with van der Waals surface area (Å²) in [4.78, 5) is 22.6. The Bertz CT molecular complexity index is 493. The zero-order valence-corrected chi connectivity index (χ0v) is 9.49. The van der Waals surface area contributed by atoms with Crippen molar-refractivity contribution >= 4 is 17.6 Å². The number of nitrogens with two attached hydrogens (primary N) is 1. The van der Waals surface area contributed by atoms with E-state index < -0.39 is 11.5 Å². The molecule has 0 aliphatic heterocycles. The minimum Gasteiger partial charge on any atom is -0.478 e. The maximum absolute atomic E-state index is 11.7. The molecule has 1 amide bonds. The lowest BCUT2D eigenvalue weighted by Gasteiger charge is -2.12. The Morgan fingerprint density at radius 2 is 2.06 bits per heavy atom. The quantitative estimate of drug-likeness (QED) is 0.730. The zero-order chi connectivity index (χ0) is 12.6. The van der Waals surface area contributed by atoms with Crippen molar-refractivity contribution in [1.29, 1.82) is 0 Å². The summed E-state index contributed by atoms with van der Waals surface area (Å²) in [6.45, 7) is 1.80. The fraction of sp³-hybridized carbons (Fsp3) is 0.333. The van der Waals surface area contributed by atoms with Crippen LogP contribution < -0.4 is 11.1 Å². The molecule has 4 N–H and O–H groups in total. The van der Waals surface area contributed by atoms with Crippen molar-refractivity contribution in [3.63, 3.8) is 0 Å². The van der Waals surface area contributed by atoms with E-state index in [0.29, 0.717) is 18.5 Å². The molecule has 5 heteroatoms. The summed E-state index contributed by atoms with van der Waals surface area (Å²) in [5.41, 5.74) is 6.46. The summed E-state index contributed by atoms with van der Waals surface area (Å²) in [6, 6.07) is 4.61. The standard InChI is InChI=1S/C12H14N2O3/c1-7-2-3-8(10(15)16)6-9(7)14-11(17)12(13)4-5-12/h2-3,6H,4-5,13H2,1H3,(H,14,17)(H,15,16). The van der Waals surface area contributed by atoms with Crippen LogP contribution in [0.3, 0.4) is 0 Å². The Kier molecular flexibility index (Phi) is 2.63. The van der Waals surface area contributed by atoms with Gasteiger partial charge >= 0.3 is 5.97 Å². The van der Waals surface area contributed by atoms with Gasteiger partial charge in [0.1, 0.15) is 0 Å². The van der Waals surface area contributed by atoms with Crippen LogP contribution in [0.5, 0.6) is 0 Å². The van der Waals surface area contributed by atoms with Crippen LogP contribution in [-0.4, -0.2) is 22.5 Å². The number of carboxylic acids is 1. The fourth-order valence-corrected chi connectivity index (χ4v) is 1.50. The van der Waals surface area contributed by atoms with Crippen molar-refractivity contribution in [3.05, 3.63) is 29.3 Å². The number of aryl methyl sites for hydroxylation is 1. The molecule has 0 spiro atoms. The molecule has 1 aromatic rings. The topological polar surface area (TPSA) is 92.4 Å². The Balaban J connectivity index is 2.22. The van der Waals surface area contributed by atoms with Crippen molar-refractivity contribution < 1.29 is 14.7 Å². The maximum atomic E-state index is 11.7. The third-order valence-corrected chi connectivity index (χ3v) is 2.97. The van der Waals surface area contributed by atoms with E-state index in [1.54, 1.807) is 13.0 Å². The van der Waals surface area contributed by atoms with Crippen molar-refractivity contribution in [2.45, 2.75) is 25.3 Å². The molecule has 0 saturated heterocycles. The summed E-state index contributed by atoms with van der Waals surface area (Å²) in [6.07, 6.45) is 1.35. The van der Waals surface area contributed by atoms with Gasteiger partial charge < -0.3 is 16.2 Å². The molecule has 0 atom stereocenters. The first-order valence-electron chi connectivity index (χ1n) is 5.37. The molecule has 0 radical (unpaired) electrons. The minimum absolute atomic E-state index is 0.146. The van der Waals surface area contributed by atoms with E-state index in [1.165, 1.54) is 12.1 Å². The molecule has 1 aliphatic rings. The number of rotatable bonds is 3. The van der Waals surface area contributed by atoms with Crippen molar-refractivity contribution in [1.82, 2.24) is 0 Å². The largest absolute Gasteiger partial charge is 0.478 e. The lowest BCUT2D eigenvalue weighted by molar-refractivity contribution is -0.118. The number of anilines is 1. The van der Waals surface area contributed by atoms with Crippen molar-refractivity contribution in [2.24, 2.45) is 5.73 Å². The van der Waals surface area contributed by atoms with Crippen LogP contribution in [-0.2, 0) is 4.79 Å². The Hall–Kier alpha value is -1.88. The van der Waals surface area contributed by atoms with Gasteiger partial charge in [0, 0.05) is 5.69 Å². The van der Waals surface area contributed by atoms with Crippen molar-refractivity contribution in [3.8, 4) is 0 Å². The lowest BCUT2D eigenvalue weighted by Crippen LogP contribution is -2.38. The summed E-state index contributed by atoms with van der Waals surface area (Å²) in [5, 5.41) is 11.5. The minimum atomic E-state index is -1.02. The molecule has 0 aromatic heterocycles. The van der Waals surface area contributed by atoms with Gasteiger partial charge in [-0.2, -0.15) is 0 Å². The van der Waals surface area contributed by atoms with Gasteiger partial charge in [-0.15, -0.1) is 0 Å². The predicted molar refractivity (Wildman–Crippen MR) is 62.9 cm³/mol. The van der Waals surface area contributed by atoms with Crippen LogP contribution in [0.4, 0.5) is 5.69 Å². The number of carbonyl (C=O) groups excluding carboxylic acids is 1. The number of hydrogen-bond donors (Lipinski definition) is 3. The highest BCUT2D eigenvalue weighted by atomic mass is 16.4. The predicted octanol–water partition coefficient (Wildman–Crippen LogP) is 1.12. The van der Waals surface area contributed by atoms with E-state index in [-0.39, 0.29) is 11.5 Å². The molecule has 0 unspecified atom stereocenters. The van der Waals surface area contributed by atoms with Gasteiger partial charge in [-0.05, 0) is 37.5 Å². The number of carbonyl (C=O) groups is 2. The number of aromatic carboxylic acids is 1. The molecule has 0 bridgehead atoms.